The van der Waals surface area contributed by atoms with Crippen molar-refractivity contribution in [2.45, 2.75) is 0 Å². The largest absolute Gasteiger partial charge is 0.508 e. The van der Waals surface area contributed by atoms with Crippen LogP contribution in [0.1, 0.15) is 10.4 Å². The summed E-state index contributed by atoms with van der Waals surface area (Å²) in [6, 6.07) is 3.16. The summed E-state index contributed by atoms with van der Waals surface area (Å²) >= 11 is 0. The number of carbonyl (C=O) groups excluding carboxylic acids is 2. The van der Waals surface area contributed by atoms with Crippen molar-refractivity contribution in [2.24, 2.45) is 0 Å². The molecule has 0 unspecified atom stereocenters. The number of hydrogen-bond acceptors (Lipinski definition) is 4. The van der Waals surface area contributed by atoms with E-state index in [0.29, 0.717) is 13.2 Å². The number of rotatable bonds is 6. The van der Waals surface area contributed by atoms with Crippen molar-refractivity contribution in [1.82, 2.24) is 10.6 Å². The van der Waals surface area contributed by atoms with Crippen molar-refractivity contribution < 1.29 is 23.8 Å². The van der Waals surface area contributed by atoms with Crippen LogP contribution in [0.4, 0.5) is 4.39 Å². The van der Waals surface area contributed by atoms with Gasteiger partial charge in [0.1, 0.15) is 11.6 Å². The first-order valence-corrected chi connectivity index (χ1v) is 5.57. The Morgan fingerprint density at radius 1 is 1.37 bits per heavy atom. The molecule has 0 heterocycles. The minimum Gasteiger partial charge on any atom is -0.508 e. The molecule has 0 bridgehead atoms. The molecular formula is C12H15FN2O4. The van der Waals surface area contributed by atoms with Crippen LogP contribution in [0.2, 0.25) is 0 Å². The molecular weight excluding hydrogens is 255 g/mol. The molecule has 1 aromatic carbocycles. The summed E-state index contributed by atoms with van der Waals surface area (Å²) in [5.74, 6) is -2.24. The monoisotopic (exact) mass is 270 g/mol. The van der Waals surface area contributed by atoms with Crippen LogP contribution in [0.15, 0.2) is 18.2 Å². The van der Waals surface area contributed by atoms with Crippen LogP contribution in [0.5, 0.6) is 5.75 Å². The Morgan fingerprint density at radius 3 is 2.74 bits per heavy atom. The number of methoxy groups -OCH3 is 1. The molecule has 6 nitrogen and oxygen atoms in total. The van der Waals surface area contributed by atoms with Gasteiger partial charge in [-0.05, 0) is 12.1 Å². The second-order valence-electron chi connectivity index (χ2n) is 3.69. The van der Waals surface area contributed by atoms with E-state index in [1.807, 2.05) is 0 Å². The molecule has 2 amide bonds. The van der Waals surface area contributed by atoms with Gasteiger partial charge in [0, 0.05) is 19.7 Å². The first-order valence-electron chi connectivity index (χ1n) is 5.57. The highest BCUT2D eigenvalue weighted by Crippen LogP contribution is 2.14. The van der Waals surface area contributed by atoms with E-state index >= 15 is 0 Å². The minimum absolute atomic E-state index is 0.234. The number of benzene rings is 1. The molecule has 0 aliphatic heterocycles. The van der Waals surface area contributed by atoms with Gasteiger partial charge in [-0.3, -0.25) is 9.59 Å². The number of carbonyl (C=O) groups is 2. The first-order chi connectivity index (χ1) is 9.04. The summed E-state index contributed by atoms with van der Waals surface area (Å²) in [4.78, 5) is 22.9. The van der Waals surface area contributed by atoms with Crippen LogP contribution in [-0.4, -0.2) is 43.7 Å². The molecule has 0 fully saturated rings. The van der Waals surface area contributed by atoms with Gasteiger partial charge in [0.05, 0.1) is 18.7 Å². The van der Waals surface area contributed by atoms with Crippen molar-refractivity contribution in [3.05, 3.63) is 29.6 Å². The molecule has 0 aliphatic carbocycles. The molecule has 19 heavy (non-hydrogen) atoms. The summed E-state index contributed by atoms with van der Waals surface area (Å²) in [5, 5.41) is 13.8. The van der Waals surface area contributed by atoms with Crippen LogP contribution >= 0.6 is 0 Å². The van der Waals surface area contributed by atoms with E-state index in [2.05, 4.69) is 10.6 Å². The molecule has 1 rings (SSSR count). The fourth-order valence-electron chi connectivity index (χ4n) is 1.30. The average Bonchev–Trinajstić information content (AvgIpc) is 2.36. The Kier molecular flexibility index (Phi) is 5.74. The van der Waals surface area contributed by atoms with Gasteiger partial charge in [0.25, 0.3) is 5.91 Å². The van der Waals surface area contributed by atoms with E-state index in [1.54, 1.807) is 0 Å². The number of halogens is 1. The summed E-state index contributed by atoms with van der Waals surface area (Å²) in [7, 11) is 1.50. The first kappa shape index (κ1) is 14.9. The zero-order valence-electron chi connectivity index (χ0n) is 10.4. The van der Waals surface area contributed by atoms with E-state index in [-0.39, 0.29) is 17.9 Å². The van der Waals surface area contributed by atoms with Gasteiger partial charge in [0.15, 0.2) is 0 Å². The molecule has 3 N–H and O–H groups in total. The minimum atomic E-state index is -0.850. The Bertz CT molecular complexity index is 465. The third-order valence-corrected chi connectivity index (χ3v) is 2.24. The van der Waals surface area contributed by atoms with Gasteiger partial charge in [-0.25, -0.2) is 4.39 Å². The Hall–Kier alpha value is -2.15. The zero-order valence-corrected chi connectivity index (χ0v) is 10.4. The van der Waals surface area contributed by atoms with E-state index < -0.39 is 17.6 Å². The standard InChI is InChI=1S/C12H15FN2O4/c1-19-5-4-14-11(17)7-15-12(18)9-3-2-8(16)6-10(9)13/h2-3,6,16H,4-5,7H2,1H3,(H,14,17)(H,15,18). The van der Waals surface area contributed by atoms with Gasteiger partial charge in [-0.15, -0.1) is 0 Å². The lowest BCUT2D eigenvalue weighted by Crippen LogP contribution is -2.38. The Balaban J connectivity index is 2.45. The normalized spacial score (nSPS) is 10.0. The van der Waals surface area contributed by atoms with Gasteiger partial charge in [-0.1, -0.05) is 0 Å². The van der Waals surface area contributed by atoms with Gasteiger partial charge in [0.2, 0.25) is 5.91 Å². The lowest BCUT2D eigenvalue weighted by atomic mass is 10.2. The molecule has 0 radical (unpaired) electrons. The lowest BCUT2D eigenvalue weighted by molar-refractivity contribution is -0.120. The maximum atomic E-state index is 13.3. The summed E-state index contributed by atoms with van der Waals surface area (Å²) in [5.41, 5.74) is -0.234. The Labute approximate surface area is 109 Å². The average molecular weight is 270 g/mol. The van der Waals surface area contributed by atoms with Gasteiger partial charge >= 0.3 is 0 Å². The molecule has 0 aliphatic rings. The van der Waals surface area contributed by atoms with Crippen molar-refractivity contribution in [3.8, 4) is 5.75 Å². The number of hydrogen-bond donors (Lipinski definition) is 3. The highest BCUT2D eigenvalue weighted by Gasteiger charge is 2.12. The van der Waals surface area contributed by atoms with Crippen molar-refractivity contribution in [1.29, 1.82) is 0 Å². The molecule has 7 heteroatoms. The molecule has 0 atom stereocenters. The number of phenols is 1. The van der Waals surface area contributed by atoms with Crippen LogP contribution in [0, 0.1) is 5.82 Å². The molecule has 0 saturated carbocycles. The predicted octanol–water partition coefficient (Wildman–Crippen LogP) is 0.0237. The SMILES string of the molecule is COCCNC(=O)CNC(=O)c1ccc(O)cc1F. The number of ether oxygens (including phenoxy) is 1. The van der Waals surface area contributed by atoms with Crippen molar-refractivity contribution in [3.63, 3.8) is 0 Å². The fourth-order valence-corrected chi connectivity index (χ4v) is 1.30. The van der Waals surface area contributed by atoms with Crippen LogP contribution in [-0.2, 0) is 9.53 Å². The molecule has 104 valence electrons. The predicted molar refractivity (Wildman–Crippen MR) is 65.3 cm³/mol. The van der Waals surface area contributed by atoms with E-state index in [0.717, 1.165) is 12.1 Å². The smallest absolute Gasteiger partial charge is 0.254 e. The molecule has 0 saturated heterocycles. The second-order valence-corrected chi connectivity index (χ2v) is 3.69. The maximum Gasteiger partial charge on any atom is 0.254 e. The quantitative estimate of drug-likeness (QED) is 0.636. The number of phenolic OH excluding ortho intramolecular Hbond substituents is 1. The highest BCUT2D eigenvalue weighted by molar-refractivity contribution is 5.96. The number of amides is 2. The highest BCUT2D eigenvalue weighted by atomic mass is 19.1. The fraction of sp³-hybridized carbons (Fsp3) is 0.333. The van der Waals surface area contributed by atoms with Crippen LogP contribution in [0.3, 0.4) is 0 Å². The number of aromatic hydroxyl groups is 1. The van der Waals surface area contributed by atoms with Crippen LogP contribution in [0.25, 0.3) is 0 Å². The van der Waals surface area contributed by atoms with E-state index in [4.69, 9.17) is 9.84 Å². The molecule has 0 aromatic heterocycles. The van der Waals surface area contributed by atoms with Gasteiger partial charge in [-0.2, -0.15) is 0 Å². The molecule has 1 aromatic rings. The summed E-state index contributed by atoms with van der Waals surface area (Å²) in [6.45, 7) is 0.438. The van der Waals surface area contributed by atoms with Crippen molar-refractivity contribution >= 4 is 11.8 Å². The van der Waals surface area contributed by atoms with Gasteiger partial charge < -0.3 is 20.5 Å². The van der Waals surface area contributed by atoms with Crippen molar-refractivity contribution in [2.75, 3.05) is 26.8 Å². The summed E-state index contributed by atoms with van der Waals surface area (Å²) < 4.78 is 18.1. The molecule has 0 spiro atoms. The third kappa shape index (κ3) is 4.92. The third-order valence-electron chi connectivity index (χ3n) is 2.24. The number of nitrogens with one attached hydrogen (secondary N) is 2. The zero-order chi connectivity index (χ0) is 14.3. The Morgan fingerprint density at radius 2 is 2.11 bits per heavy atom. The van der Waals surface area contributed by atoms with Crippen LogP contribution < -0.4 is 10.6 Å². The maximum absolute atomic E-state index is 13.3. The van der Waals surface area contributed by atoms with E-state index in [9.17, 15) is 14.0 Å². The lowest BCUT2D eigenvalue weighted by Gasteiger charge is -2.07. The topological polar surface area (TPSA) is 87.7 Å². The second kappa shape index (κ2) is 7.32. The van der Waals surface area contributed by atoms with E-state index in [1.165, 1.54) is 13.2 Å². The summed E-state index contributed by atoms with van der Waals surface area (Å²) in [6.07, 6.45) is 0.